The van der Waals surface area contributed by atoms with E-state index in [0.717, 1.165) is 102 Å². The first kappa shape index (κ1) is 42.1. The van der Waals surface area contributed by atoms with Gasteiger partial charge in [0.05, 0.1) is 16.5 Å². The van der Waals surface area contributed by atoms with E-state index < -0.39 is 23.6 Å². The van der Waals surface area contributed by atoms with E-state index in [4.69, 9.17) is 21.1 Å². The Bertz CT molecular complexity index is 2910. The number of fused-ring (bicyclic) bond motifs is 6. The Morgan fingerprint density at radius 1 is 0.896 bits per heavy atom. The predicted molar refractivity (Wildman–Crippen MR) is 249 cm³/mol. The van der Waals surface area contributed by atoms with Crippen molar-refractivity contribution in [3.8, 4) is 29.6 Å². The van der Waals surface area contributed by atoms with E-state index in [1.807, 2.05) is 18.2 Å². The molecule has 0 saturated carbocycles. The van der Waals surface area contributed by atoms with Gasteiger partial charge in [0, 0.05) is 105 Å². The van der Waals surface area contributed by atoms with Crippen molar-refractivity contribution in [3.05, 3.63) is 83.1 Å². The molecule has 2 N–H and O–H groups in total. The van der Waals surface area contributed by atoms with Crippen molar-refractivity contribution in [1.29, 1.82) is 0 Å². The van der Waals surface area contributed by atoms with Crippen LogP contribution in [0.15, 0.2) is 54.7 Å². The topological polar surface area (TPSA) is 139 Å². The number of piperidine rings is 1. The van der Waals surface area contributed by atoms with Crippen molar-refractivity contribution in [1.82, 2.24) is 40.3 Å². The van der Waals surface area contributed by atoms with Gasteiger partial charge in [-0.05, 0) is 86.7 Å². The number of nitrogens with zero attached hydrogens (tertiary/aromatic N) is 8. The van der Waals surface area contributed by atoms with E-state index in [0.29, 0.717) is 70.8 Å². The standard InChI is InChI=1S/C51H52F2N10O4/c1-2-36-40(52)12-7-30-5-3-6-38(43(30)36)45-44(53)46-39(24-54-45)47(61-26-32-8-9-33(27-61)55-32)58-50(57-46)67-29-51-16-4-18-63(51)35(15-17-51)28-59-19-21-60(22-20-59)34-10-11-37-31(23-34)25-62(49(37)66)41-13-14-42(64)56-48(41)65/h1,3,5-7,10-12,23-24,32-33,35,41,55H,4,8-9,13-22,25-29H2,(H,56,64,65)/t32?,33?,35-,41?,51-/m0/s1. The lowest BCUT2D eigenvalue weighted by Gasteiger charge is -2.40. The summed E-state index contributed by atoms with van der Waals surface area (Å²) in [6, 6.07) is 14.8. The molecule has 7 aliphatic heterocycles. The molecule has 14 nitrogen and oxygen atoms in total. The number of hydrogen-bond donors (Lipinski definition) is 2. The summed E-state index contributed by atoms with van der Waals surface area (Å²) in [5, 5.41) is 7.69. The summed E-state index contributed by atoms with van der Waals surface area (Å²) < 4.78 is 38.9. The molecular formula is C51H52F2N10O4. The number of benzene rings is 3. The number of pyridine rings is 1. The lowest BCUT2D eigenvalue weighted by atomic mass is 9.95. The number of carbonyl (C=O) groups is 3. The SMILES string of the molecule is C#Cc1c(F)ccc2cccc(-c3ncc4c(N5CC6CCC(C5)N6)nc(OC[C@@]56CCCN5[C@H](CN5CCN(c7ccc8c(c7)CN(C7CCC(=O)NC7=O)C8=O)CC5)CC6)nc4c3F)c12. The molecule has 2 aromatic heterocycles. The van der Waals surface area contributed by atoms with Crippen LogP contribution in [0, 0.1) is 24.0 Å². The highest BCUT2D eigenvalue weighted by atomic mass is 19.1. The number of hydrogen-bond acceptors (Lipinski definition) is 12. The van der Waals surface area contributed by atoms with Crippen LogP contribution in [-0.2, 0) is 16.1 Å². The minimum atomic E-state index is -0.631. The lowest BCUT2D eigenvalue weighted by Crippen LogP contribution is -2.53. The maximum absolute atomic E-state index is 17.2. The van der Waals surface area contributed by atoms with Gasteiger partial charge in [0.25, 0.3) is 5.91 Å². The molecule has 5 aromatic rings. The average molecular weight is 907 g/mol. The van der Waals surface area contributed by atoms with E-state index in [2.05, 4.69) is 47.2 Å². The normalized spacial score (nSPS) is 26.4. The summed E-state index contributed by atoms with van der Waals surface area (Å²) in [7, 11) is 0. The first-order valence-corrected chi connectivity index (χ1v) is 23.8. The van der Waals surface area contributed by atoms with Gasteiger partial charge in [-0.25, -0.2) is 8.78 Å². The molecule has 12 rings (SSSR count). The van der Waals surface area contributed by atoms with Crippen LogP contribution in [0.4, 0.5) is 20.3 Å². The molecular weight excluding hydrogens is 855 g/mol. The van der Waals surface area contributed by atoms with E-state index >= 15 is 8.78 Å². The molecule has 0 radical (unpaired) electrons. The number of piperazine rings is 2. The van der Waals surface area contributed by atoms with Crippen molar-refractivity contribution in [2.75, 3.05) is 68.8 Å². The second-order valence-electron chi connectivity index (χ2n) is 19.6. The zero-order valence-electron chi connectivity index (χ0n) is 37.3. The zero-order chi connectivity index (χ0) is 45.6. The third kappa shape index (κ3) is 7.24. The lowest BCUT2D eigenvalue weighted by molar-refractivity contribution is -0.136. The van der Waals surface area contributed by atoms with E-state index in [9.17, 15) is 14.4 Å². The van der Waals surface area contributed by atoms with Gasteiger partial charge >= 0.3 is 6.01 Å². The fraction of sp³-hybridized carbons (Fsp3) is 0.451. The Morgan fingerprint density at radius 3 is 2.54 bits per heavy atom. The Hall–Kier alpha value is -6.28. The number of amides is 3. The van der Waals surface area contributed by atoms with Crippen LogP contribution < -0.4 is 25.2 Å². The smallest absolute Gasteiger partial charge is 0.319 e. The van der Waals surface area contributed by atoms with Gasteiger partial charge in [0.2, 0.25) is 11.8 Å². The minimum absolute atomic E-state index is 0.0401. The Balaban J connectivity index is 0.752. The molecule has 3 unspecified atom stereocenters. The molecule has 344 valence electrons. The van der Waals surface area contributed by atoms with Crippen LogP contribution in [0.2, 0.25) is 0 Å². The van der Waals surface area contributed by atoms with Gasteiger partial charge in [0.1, 0.15) is 35.5 Å². The van der Waals surface area contributed by atoms with Gasteiger partial charge in [-0.15, -0.1) is 6.42 Å². The maximum atomic E-state index is 17.2. The summed E-state index contributed by atoms with van der Waals surface area (Å²) in [5.41, 5.74) is 3.05. The average Bonchev–Trinajstić information content (AvgIpc) is 4.10. The van der Waals surface area contributed by atoms with Crippen molar-refractivity contribution >= 4 is 50.9 Å². The first-order chi connectivity index (χ1) is 32.6. The van der Waals surface area contributed by atoms with Crippen molar-refractivity contribution in [3.63, 3.8) is 0 Å². The number of aromatic nitrogens is 3. The van der Waals surface area contributed by atoms with Crippen molar-refractivity contribution < 1.29 is 27.9 Å². The fourth-order valence-electron chi connectivity index (χ4n) is 12.4. The summed E-state index contributed by atoms with van der Waals surface area (Å²) in [4.78, 5) is 63.5. The third-order valence-electron chi connectivity index (χ3n) is 15.8. The van der Waals surface area contributed by atoms with Gasteiger partial charge in [-0.1, -0.05) is 30.2 Å². The molecule has 6 fully saturated rings. The number of imide groups is 1. The Kier molecular flexibility index (Phi) is 10.4. The summed E-state index contributed by atoms with van der Waals surface area (Å²) in [6.07, 6.45) is 14.3. The Morgan fingerprint density at radius 2 is 1.73 bits per heavy atom. The molecule has 7 aliphatic rings. The molecule has 0 spiro atoms. The van der Waals surface area contributed by atoms with Crippen LogP contribution >= 0.6 is 0 Å². The largest absolute Gasteiger partial charge is 0.461 e. The van der Waals surface area contributed by atoms with Gasteiger partial charge < -0.3 is 24.8 Å². The van der Waals surface area contributed by atoms with Crippen molar-refractivity contribution in [2.45, 2.75) is 87.6 Å². The van der Waals surface area contributed by atoms with E-state index in [-0.39, 0.29) is 46.6 Å². The molecule has 3 aromatic carbocycles. The number of rotatable bonds is 9. The molecule has 6 saturated heterocycles. The van der Waals surface area contributed by atoms with Gasteiger partial charge in [-0.2, -0.15) is 9.97 Å². The highest BCUT2D eigenvalue weighted by Gasteiger charge is 2.50. The third-order valence-corrected chi connectivity index (χ3v) is 15.8. The second kappa shape index (κ2) is 16.5. The molecule has 5 atom stereocenters. The van der Waals surface area contributed by atoms with Gasteiger partial charge in [0.15, 0.2) is 5.82 Å². The molecule has 67 heavy (non-hydrogen) atoms. The van der Waals surface area contributed by atoms with Crippen LogP contribution in [0.5, 0.6) is 6.01 Å². The first-order valence-electron chi connectivity index (χ1n) is 23.8. The van der Waals surface area contributed by atoms with Crippen molar-refractivity contribution in [2.24, 2.45) is 0 Å². The number of terminal acetylenes is 1. The number of nitrogens with one attached hydrogen (secondary N) is 2. The van der Waals surface area contributed by atoms with E-state index in [1.54, 1.807) is 29.3 Å². The second-order valence-corrected chi connectivity index (χ2v) is 19.6. The zero-order valence-corrected chi connectivity index (χ0v) is 37.3. The predicted octanol–water partition coefficient (Wildman–Crippen LogP) is 5.00. The number of anilines is 2. The Labute approximate surface area is 387 Å². The summed E-state index contributed by atoms with van der Waals surface area (Å²) >= 11 is 0. The monoisotopic (exact) mass is 906 g/mol. The quantitative estimate of drug-likeness (QED) is 0.152. The highest BCUT2D eigenvalue weighted by Crippen LogP contribution is 2.44. The van der Waals surface area contributed by atoms with Crippen LogP contribution in [0.1, 0.15) is 72.9 Å². The minimum Gasteiger partial charge on any atom is -0.461 e. The molecule has 9 heterocycles. The van der Waals surface area contributed by atoms with Crippen LogP contribution in [0.25, 0.3) is 32.9 Å². The molecule has 3 amide bonds. The molecule has 0 aliphatic carbocycles. The number of ether oxygens (including phenoxy) is 1. The fourth-order valence-corrected chi connectivity index (χ4v) is 12.4. The molecule has 16 heteroatoms. The highest BCUT2D eigenvalue weighted by molar-refractivity contribution is 6.06. The number of carbonyl (C=O) groups excluding carboxylic acids is 3. The van der Waals surface area contributed by atoms with Crippen LogP contribution in [0.3, 0.4) is 0 Å². The van der Waals surface area contributed by atoms with Gasteiger partial charge in [-0.3, -0.25) is 34.5 Å². The maximum Gasteiger partial charge on any atom is 0.319 e. The van der Waals surface area contributed by atoms with Crippen LogP contribution in [-0.4, -0.2) is 136 Å². The number of halogens is 2. The van der Waals surface area contributed by atoms with E-state index in [1.165, 1.54) is 6.07 Å². The molecule has 2 bridgehead atoms. The summed E-state index contributed by atoms with van der Waals surface area (Å²) in [6.45, 7) is 7.69. The summed E-state index contributed by atoms with van der Waals surface area (Å²) in [5.74, 6) is 1.05.